The monoisotopic (exact) mass is 201 g/mol. The van der Waals surface area contributed by atoms with Crippen LogP contribution in [-0.4, -0.2) is 11.0 Å². The number of hydroxylamine groups is 1. The Hall–Kier alpha value is -1.57. The molecule has 0 N–H and O–H groups in total. The summed E-state index contributed by atoms with van der Waals surface area (Å²) in [6.07, 6.45) is 6.00. The molecule has 2 nitrogen and oxygen atoms in total. The molecule has 0 saturated carbocycles. The number of benzene rings is 1. The molecule has 0 spiro atoms. The summed E-state index contributed by atoms with van der Waals surface area (Å²) >= 11 is 0. The van der Waals surface area contributed by atoms with E-state index >= 15 is 0 Å². The molecule has 0 fully saturated rings. The van der Waals surface area contributed by atoms with Gasteiger partial charge in [-0.15, -0.1) is 6.58 Å². The van der Waals surface area contributed by atoms with Gasteiger partial charge in [-0.1, -0.05) is 36.4 Å². The molecule has 1 aromatic carbocycles. The van der Waals surface area contributed by atoms with Crippen molar-refractivity contribution in [1.82, 2.24) is 0 Å². The van der Waals surface area contributed by atoms with E-state index in [9.17, 15) is 5.21 Å². The third-order valence-electron chi connectivity index (χ3n) is 3.07. The van der Waals surface area contributed by atoms with Gasteiger partial charge >= 0.3 is 0 Å². The maximum atomic E-state index is 11.9. The van der Waals surface area contributed by atoms with E-state index in [4.69, 9.17) is 0 Å². The predicted molar refractivity (Wildman–Crippen MR) is 61.9 cm³/mol. The molecule has 0 radical (unpaired) electrons. The summed E-state index contributed by atoms with van der Waals surface area (Å²) < 4.78 is 1.10. The molecule has 0 bridgehead atoms. The minimum atomic E-state index is -0.400. The van der Waals surface area contributed by atoms with Crippen LogP contribution in [0.4, 0.5) is 0 Å². The molecule has 78 valence electrons. The van der Waals surface area contributed by atoms with Crippen molar-refractivity contribution in [2.45, 2.75) is 24.8 Å². The van der Waals surface area contributed by atoms with Gasteiger partial charge in [-0.25, -0.2) is 4.74 Å². The van der Waals surface area contributed by atoms with Gasteiger partial charge in [0.1, 0.15) is 0 Å². The summed E-state index contributed by atoms with van der Waals surface area (Å²) in [5, 5.41) is 11.9. The summed E-state index contributed by atoms with van der Waals surface area (Å²) in [4.78, 5) is 0. The lowest BCUT2D eigenvalue weighted by molar-refractivity contribution is -0.546. The zero-order valence-corrected chi connectivity index (χ0v) is 8.73. The average molecular weight is 201 g/mol. The molecule has 1 aliphatic rings. The van der Waals surface area contributed by atoms with Gasteiger partial charge in [0.15, 0.2) is 6.21 Å². The first kappa shape index (κ1) is 9.97. The zero-order chi connectivity index (χ0) is 10.7. The first-order valence-corrected chi connectivity index (χ1v) is 5.26. The highest BCUT2D eigenvalue weighted by molar-refractivity contribution is 5.54. The van der Waals surface area contributed by atoms with Gasteiger partial charge in [0.2, 0.25) is 5.54 Å². The quantitative estimate of drug-likeness (QED) is 0.419. The Morgan fingerprint density at radius 3 is 2.67 bits per heavy atom. The standard InChI is InChI=1S/C13H15NO/c1-2-9-13(10-6-11-14(13)15)12-7-4-3-5-8-12/h2-5,7-8,11H,1,6,9-10H2. The third-order valence-corrected chi connectivity index (χ3v) is 3.07. The van der Waals surface area contributed by atoms with Gasteiger partial charge in [-0.2, -0.15) is 0 Å². The van der Waals surface area contributed by atoms with Gasteiger partial charge in [0.25, 0.3) is 0 Å². The predicted octanol–water partition coefficient (Wildman–Crippen LogP) is 2.83. The van der Waals surface area contributed by atoms with Crippen LogP contribution in [0, 0.1) is 5.21 Å². The van der Waals surface area contributed by atoms with Crippen molar-refractivity contribution < 1.29 is 4.74 Å². The van der Waals surface area contributed by atoms with E-state index < -0.39 is 5.54 Å². The van der Waals surface area contributed by atoms with Crippen LogP contribution in [0.2, 0.25) is 0 Å². The summed E-state index contributed by atoms with van der Waals surface area (Å²) in [6, 6.07) is 9.97. The molecular weight excluding hydrogens is 186 g/mol. The van der Waals surface area contributed by atoms with Crippen LogP contribution in [0.15, 0.2) is 43.0 Å². The van der Waals surface area contributed by atoms with Crippen LogP contribution in [0.5, 0.6) is 0 Å². The fourth-order valence-electron chi connectivity index (χ4n) is 2.27. The molecule has 1 atom stereocenters. The van der Waals surface area contributed by atoms with Gasteiger partial charge in [0.05, 0.1) is 0 Å². The summed E-state index contributed by atoms with van der Waals surface area (Å²) in [5.41, 5.74) is 0.692. The second kappa shape index (κ2) is 3.89. The third kappa shape index (κ3) is 1.56. The van der Waals surface area contributed by atoms with Crippen LogP contribution >= 0.6 is 0 Å². The van der Waals surface area contributed by atoms with E-state index in [1.54, 1.807) is 6.21 Å². The van der Waals surface area contributed by atoms with Crippen LogP contribution < -0.4 is 0 Å². The lowest BCUT2D eigenvalue weighted by atomic mass is 9.85. The smallest absolute Gasteiger partial charge is 0.201 e. The largest absolute Gasteiger partial charge is 0.623 e. The van der Waals surface area contributed by atoms with Crippen molar-refractivity contribution in [2.24, 2.45) is 0 Å². The van der Waals surface area contributed by atoms with Crippen LogP contribution in [0.25, 0.3) is 0 Å². The number of hydrogen-bond donors (Lipinski definition) is 0. The van der Waals surface area contributed by atoms with Gasteiger partial charge in [0, 0.05) is 24.8 Å². The Balaban J connectivity index is 2.44. The highest BCUT2D eigenvalue weighted by Crippen LogP contribution is 2.36. The fraction of sp³-hybridized carbons (Fsp3) is 0.308. The molecule has 0 amide bonds. The molecule has 1 heterocycles. The molecule has 0 aromatic heterocycles. The van der Waals surface area contributed by atoms with Crippen molar-refractivity contribution in [3.8, 4) is 0 Å². The first-order valence-electron chi connectivity index (χ1n) is 5.26. The Labute approximate surface area is 90.1 Å². The van der Waals surface area contributed by atoms with E-state index in [2.05, 4.69) is 6.58 Å². The highest BCUT2D eigenvalue weighted by atomic mass is 16.5. The fourth-order valence-corrected chi connectivity index (χ4v) is 2.27. The van der Waals surface area contributed by atoms with Gasteiger partial charge in [-0.05, 0) is 0 Å². The van der Waals surface area contributed by atoms with Crippen molar-refractivity contribution in [2.75, 3.05) is 0 Å². The molecule has 0 aliphatic carbocycles. The van der Waals surface area contributed by atoms with Crippen molar-refractivity contribution >= 4 is 6.21 Å². The Morgan fingerprint density at radius 1 is 1.40 bits per heavy atom. The SMILES string of the molecule is C=CCC1(c2ccccc2)CCC=[N+]1[O-]. The normalized spacial score (nSPS) is 24.9. The lowest BCUT2D eigenvalue weighted by Gasteiger charge is -2.27. The van der Waals surface area contributed by atoms with E-state index in [-0.39, 0.29) is 0 Å². The van der Waals surface area contributed by atoms with E-state index in [0.29, 0.717) is 6.42 Å². The number of rotatable bonds is 3. The zero-order valence-electron chi connectivity index (χ0n) is 8.73. The van der Waals surface area contributed by atoms with E-state index in [0.717, 1.165) is 23.1 Å². The molecular formula is C13H15NO. The number of nitrogens with zero attached hydrogens (tertiary/aromatic N) is 1. The molecule has 1 unspecified atom stereocenters. The molecule has 1 aromatic rings. The van der Waals surface area contributed by atoms with Crippen LogP contribution in [0.1, 0.15) is 24.8 Å². The average Bonchev–Trinajstić information content (AvgIpc) is 2.63. The molecule has 1 aliphatic heterocycles. The maximum absolute atomic E-state index is 11.9. The summed E-state index contributed by atoms with van der Waals surface area (Å²) in [6.45, 7) is 3.75. The lowest BCUT2D eigenvalue weighted by Crippen LogP contribution is -2.32. The second-order valence-corrected chi connectivity index (χ2v) is 3.94. The molecule has 2 rings (SSSR count). The number of hydrogen-bond acceptors (Lipinski definition) is 1. The second-order valence-electron chi connectivity index (χ2n) is 3.94. The van der Waals surface area contributed by atoms with E-state index in [1.807, 2.05) is 36.4 Å². The van der Waals surface area contributed by atoms with Gasteiger partial charge < -0.3 is 5.21 Å². The highest BCUT2D eigenvalue weighted by Gasteiger charge is 2.42. The van der Waals surface area contributed by atoms with Gasteiger partial charge in [-0.3, -0.25) is 0 Å². The topological polar surface area (TPSA) is 26.1 Å². The Bertz CT molecular complexity index is 383. The first-order chi connectivity index (χ1) is 7.29. The Morgan fingerprint density at radius 2 is 2.13 bits per heavy atom. The minimum absolute atomic E-state index is 0.400. The van der Waals surface area contributed by atoms with Crippen molar-refractivity contribution in [3.05, 3.63) is 53.8 Å². The molecule has 2 heteroatoms. The van der Waals surface area contributed by atoms with Crippen LogP contribution in [-0.2, 0) is 5.54 Å². The maximum Gasteiger partial charge on any atom is 0.201 e. The minimum Gasteiger partial charge on any atom is -0.623 e. The summed E-state index contributed by atoms with van der Waals surface area (Å²) in [5.74, 6) is 0. The Kier molecular flexibility index (Phi) is 2.58. The molecule has 0 saturated heterocycles. The molecule has 15 heavy (non-hydrogen) atoms. The van der Waals surface area contributed by atoms with E-state index in [1.165, 1.54) is 0 Å². The van der Waals surface area contributed by atoms with Crippen molar-refractivity contribution in [3.63, 3.8) is 0 Å². The summed E-state index contributed by atoms with van der Waals surface area (Å²) in [7, 11) is 0. The van der Waals surface area contributed by atoms with Crippen LogP contribution in [0.3, 0.4) is 0 Å². The van der Waals surface area contributed by atoms with Crippen molar-refractivity contribution in [1.29, 1.82) is 0 Å².